The first-order valence-electron chi connectivity index (χ1n) is 11.0. The molecular weight excluding hydrogens is 508 g/mol. The average Bonchev–Trinajstić information content (AvgIpc) is 2.91. The first-order chi connectivity index (χ1) is 14.0. The molecule has 1 aliphatic carbocycles. The van der Waals surface area contributed by atoms with E-state index in [1.165, 1.54) is 19.3 Å². The van der Waals surface area contributed by atoms with E-state index in [1.807, 2.05) is 6.92 Å². The minimum atomic E-state index is -4.11. The van der Waals surface area contributed by atoms with Crippen molar-refractivity contribution >= 4 is 29.9 Å². The number of nitrogens with one attached hydrogen (secondary N) is 2. The van der Waals surface area contributed by atoms with Crippen LogP contribution in [0.4, 0.5) is 13.2 Å². The largest absolute Gasteiger partial charge is 0.391 e. The Labute approximate surface area is 193 Å². The number of alkyl halides is 3. The topological polar surface area (TPSA) is 67.1 Å². The van der Waals surface area contributed by atoms with Gasteiger partial charge >= 0.3 is 6.18 Å². The van der Waals surface area contributed by atoms with Crippen molar-refractivity contribution in [2.24, 2.45) is 10.9 Å². The Kier molecular flexibility index (Phi) is 10.2. The normalized spacial score (nSPS) is 22.6. The lowest BCUT2D eigenvalue weighted by Gasteiger charge is -2.31. The molecule has 1 saturated carbocycles. The Bertz CT molecular complexity index is 676. The van der Waals surface area contributed by atoms with E-state index in [1.54, 1.807) is 0 Å². The number of aliphatic imine (C=N–C) groups is 1. The van der Waals surface area contributed by atoms with E-state index < -0.39 is 12.1 Å². The quantitative estimate of drug-likeness (QED) is 0.245. The van der Waals surface area contributed by atoms with Gasteiger partial charge in [-0.1, -0.05) is 12.8 Å². The third-order valence-electron chi connectivity index (χ3n) is 5.84. The fourth-order valence-electron chi connectivity index (χ4n) is 4.29. The molecule has 2 heterocycles. The first kappa shape index (κ1) is 25.2. The van der Waals surface area contributed by atoms with Gasteiger partial charge in [-0.25, -0.2) is 0 Å². The van der Waals surface area contributed by atoms with Crippen molar-refractivity contribution in [1.82, 2.24) is 25.4 Å². The van der Waals surface area contributed by atoms with E-state index in [0.717, 1.165) is 43.9 Å². The second kappa shape index (κ2) is 12.1. The van der Waals surface area contributed by atoms with E-state index in [-0.39, 0.29) is 42.9 Å². The van der Waals surface area contributed by atoms with Crippen LogP contribution in [0.25, 0.3) is 0 Å². The number of hydrogen-bond donors (Lipinski definition) is 2. The molecule has 2 aliphatic rings. The SMILES string of the molecule is CCNC(=NCCCc1nnc2n1CCCCC2)NC1CCCC(C(F)(F)F)C1.I. The summed E-state index contributed by atoms with van der Waals surface area (Å²) in [6, 6.07) is -0.180. The molecule has 6 nitrogen and oxygen atoms in total. The Morgan fingerprint density at radius 3 is 2.77 bits per heavy atom. The Balaban J connectivity index is 0.00000320. The molecule has 1 fully saturated rings. The van der Waals surface area contributed by atoms with Gasteiger partial charge in [0.15, 0.2) is 5.96 Å². The molecule has 10 heteroatoms. The molecule has 2 atom stereocenters. The lowest BCUT2D eigenvalue weighted by atomic mass is 9.85. The Hall–Kier alpha value is -1.07. The van der Waals surface area contributed by atoms with Crippen LogP contribution in [0.15, 0.2) is 4.99 Å². The number of hydrogen-bond acceptors (Lipinski definition) is 3. The maximum absolute atomic E-state index is 13.0. The van der Waals surface area contributed by atoms with Gasteiger partial charge in [0, 0.05) is 38.5 Å². The van der Waals surface area contributed by atoms with Crippen LogP contribution in [0, 0.1) is 5.92 Å². The molecule has 1 aromatic heterocycles. The summed E-state index contributed by atoms with van der Waals surface area (Å²) in [6.07, 6.45) is 3.84. The van der Waals surface area contributed by atoms with E-state index >= 15 is 0 Å². The van der Waals surface area contributed by atoms with E-state index in [0.29, 0.717) is 25.5 Å². The second-order valence-corrected chi connectivity index (χ2v) is 8.11. The van der Waals surface area contributed by atoms with Crippen molar-refractivity contribution in [3.05, 3.63) is 11.6 Å². The molecule has 0 saturated heterocycles. The fraction of sp³-hybridized carbons (Fsp3) is 0.850. The molecule has 0 spiro atoms. The lowest BCUT2D eigenvalue weighted by molar-refractivity contribution is -0.183. The molecular formula is C20H34F3IN6. The minimum Gasteiger partial charge on any atom is -0.357 e. The molecule has 1 aliphatic heterocycles. The van der Waals surface area contributed by atoms with Gasteiger partial charge in [-0.2, -0.15) is 13.2 Å². The van der Waals surface area contributed by atoms with Gasteiger partial charge in [0.05, 0.1) is 5.92 Å². The van der Waals surface area contributed by atoms with Gasteiger partial charge in [-0.05, 0) is 45.4 Å². The van der Waals surface area contributed by atoms with Gasteiger partial charge < -0.3 is 15.2 Å². The maximum Gasteiger partial charge on any atom is 0.391 e. The van der Waals surface area contributed by atoms with Gasteiger partial charge in [0.25, 0.3) is 0 Å². The van der Waals surface area contributed by atoms with Gasteiger partial charge in [-0.15, -0.1) is 34.2 Å². The van der Waals surface area contributed by atoms with Crippen molar-refractivity contribution < 1.29 is 13.2 Å². The smallest absolute Gasteiger partial charge is 0.357 e. The fourth-order valence-corrected chi connectivity index (χ4v) is 4.29. The van der Waals surface area contributed by atoms with E-state index in [2.05, 4.69) is 30.4 Å². The number of guanidine groups is 1. The Morgan fingerprint density at radius 1 is 1.17 bits per heavy atom. The van der Waals surface area contributed by atoms with Crippen LogP contribution in [0.5, 0.6) is 0 Å². The highest BCUT2D eigenvalue weighted by atomic mass is 127. The Morgan fingerprint density at radius 2 is 2.00 bits per heavy atom. The minimum absolute atomic E-state index is 0. The van der Waals surface area contributed by atoms with Crippen LogP contribution >= 0.6 is 24.0 Å². The van der Waals surface area contributed by atoms with Gasteiger partial charge in [0.1, 0.15) is 11.6 Å². The van der Waals surface area contributed by atoms with E-state index in [4.69, 9.17) is 0 Å². The lowest BCUT2D eigenvalue weighted by Crippen LogP contribution is -2.46. The number of rotatable bonds is 6. The predicted molar refractivity (Wildman–Crippen MR) is 122 cm³/mol. The molecule has 30 heavy (non-hydrogen) atoms. The number of fused-ring (bicyclic) bond motifs is 1. The molecule has 0 bridgehead atoms. The number of halogens is 4. The monoisotopic (exact) mass is 542 g/mol. The zero-order valence-electron chi connectivity index (χ0n) is 17.7. The van der Waals surface area contributed by atoms with Crippen molar-refractivity contribution in [2.45, 2.75) is 89.9 Å². The summed E-state index contributed by atoms with van der Waals surface area (Å²) in [5.74, 6) is 1.52. The molecule has 2 N–H and O–H groups in total. The van der Waals surface area contributed by atoms with Gasteiger partial charge in [0.2, 0.25) is 0 Å². The molecule has 0 aromatic carbocycles. The number of aromatic nitrogens is 3. The van der Waals surface area contributed by atoms with Crippen molar-refractivity contribution in [3.63, 3.8) is 0 Å². The van der Waals surface area contributed by atoms with Crippen molar-refractivity contribution in [2.75, 3.05) is 13.1 Å². The van der Waals surface area contributed by atoms with E-state index in [9.17, 15) is 13.2 Å². The van der Waals surface area contributed by atoms with Crippen molar-refractivity contribution in [3.8, 4) is 0 Å². The zero-order valence-corrected chi connectivity index (χ0v) is 20.0. The summed E-state index contributed by atoms with van der Waals surface area (Å²) in [5.41, 5.74) is 0. The maximum atomic E-state index is 13.0. The molecule has 2 unspecified atom stereocenters. The highest BCUT2D eigenvalue weighted by molar-refractivity contribution is 14.0. The third-order valence-corrected chi connectivity index (χ3v) is 5.84. The molecule has 0 radical (unpaired) electrons. The summed E-state index contributed by atoms with van der Waals surface area (Å²) >= 11 is 0. The van der Waals surface area contributed by atoms with Crippen LogP contribution in [-0.2, 0) is 19.4 Å². The summed E-state index contributed by atoms with van der Waals surface area (Å²) in [5, 5.41) is 15.0. The standard InChI is InChI=1S/C20H33F3N6.HI/c1-2-24-19(26-16-9-6-8-15(14-16)20(21,22)23)25-12-7-11-18-28-27-17-10-4-3-5-13-29(17)18;/h15-16H,2-14H2,1H3,(H2,24,25,26);1H. The number of aryl methyl sites for hydroxylation is 2. The summed E-state index contributed by atoms with van der Waals surface area (Å²) in [6.45, 7) is 4.24. The summed E-state index contributed by atoms with van der Waals surface area (Å²) in [4.78, 5) is 4.58. The second-order valence-electron chi connectivity index (χ2n) is 8.11. The molecule has 3 rings (SSSR count). The average molecular weight is 542 g/mol. The van der Waals surface area contributed by atoms with Crippen molar-refractivity contribution in [1.29, 1.82) is 0 Å². The summed E-state index contributed by atoms with van der Waals surface area (Å²) in [7, 11) is 0. The molecule has 0 amide bonds. The molecule has 1 aromatic rings. The highest BCUT2D eigenvalue weighted by Gasteiger charge is 2.42. The van der Waals surface area contributed by atoms with Gasteiger partial charge in [-0.3, -0.25) is 4.99 Å². The number of nitrogens with zero attached hydrogens (tertiary/aromatic N) is 4. The van der Waals surface area contributed by atoms with Crippen LogP contribution in [0.3, 0.4) is 0 Å². The third kappa shape index (κ3) is 7.26. The van der Waals surface area contributed by atoms with Crippen LogP contribution < -0.4 is 10.6 Å². The highest BCUT2D eigenvalue weighted by Crippen LogP contribution is 2.37. The zero-order chi connectivity index (χ0) is 20.7. The van der Waals surface area contributed by atoms with Crippen LogP contribution in [0.2, 0.25) is 0 Å². The first-order valence-corrected chi connectivity index (χ1v) is 11.0. The van der Waals surface area contributed by atoms with Crippen LogP contribution in [-0.4, -0.2) is 46.0 Å². The predicted octanol–water partition coefficient (Wildman–Crippen LogP) is 4.23. The van der Waals surface area contributed by atoms with Crippen LogP contribution in [0.1, 0.15) is 69.9 Å². The summed E-state index contributed by atoms with van der Waals surface area (Å²) < 4.78 is 41.4. The molecule has 172 valence electrons.